The lowest BCUT2D eigenvalue weighted by Gasteiger charge is -2.19. The molecule has 0 unspecified atom stereocenters. The Kier molecular flexibility index (Phi) is 8.36. The lowest BCUT2D eigenvalue weighted by molar-refractivity contribution is 0.299. The number of ether oxygens (including phenoxy) is 1. The van der Waals surface area contributed by atoms with Gasteiger partial charge in [0.25, 0.3) is 0 Å². The molecule has 0 spiro atoms. The second-order valence-corrected chi connectivity index (χ2v) is 8.90. The van der Waals surface area contributed by atoms with Crippen LogP contribution in [-0.2, 0) is 13.2 Å². The normalized spacial score (nSPS) is 11.5. The van der Waals surface area contributed by atoms with Crippen LogP contribution in [0, 0.1) is 17.3 Å². The summed E-state index contributed by atoms with van der Waals surface area (Å²) >= 11 is 0. The Bertz CT molecular complexity index is 1060. The van der Waals surface area contributed by atoms with E-state index in [0.717, 1.165) is 42.1 Å². The molecule has 3 heteroatoms. The number of hydrogen-bond donors (Lipinski definition) is 0. The third-order valence-corrected chi connectivity index (χ3v) is 4.95. The summed E-state index contributed by atoms with van der Waals surface area (Å²) in [6.07, 6.45) is 7.55. The van der Waals surface area contributed by atoms with Gasteiger partial charge in [-0.05, 0) is 74.3 Å². The second-order valence-electron chi connectivity index (χ2n) is 8.90. The van der Waals surface area contributed by atoms with E-state index in [0.29, 0.717) is 6.61 Å². The molecule has 3 nitrogen and oxygen atoms in total. The molecule has 3 aromatic rings. The van der Waals surface area contributed by atoms with Crippen LogP contribution in [-0.4, -0.2) is 18.0 Å². The molecule has 0 aliphatic carbocycles. The van der Waals surface area contributed by atoms with Crippen LogP contribution in [0.3, 0.4) is 0 Å². The van der Waals surface area contributed by atoms with Crippen molar-refractivity contribution in [2.75, 3.05) is 13.1 Å². The van der Waals surface area contributed by atoms with Crippen molar-refractivity contribution in [1.29, 1.82) is 0 Å². The van der Waals surface area contributed by atoms with Crippen LogP contribution in [0.1, 0.15) is 38.8 Å². The zero-order valence-electron chi connectivity index (χ0n) is 19.6. The van der Waals surface area contributed by atoms with Crippen LogP contribution in [0.15, 0.2) is 83.7 Å². The van der Waals surface area contributed by atoms with Crippen molar-refractivity contribution in [3.05, 3.63) is 90.4 Å². The van der Waals surface area contributed by atoms with Crippen LogP contribution in [0.4, 0.5) is 0 Å². The minimum atomic E-state index is 0.0375. The highest BCUT2D eigenvalue weighted by molar-refractivity contribution is 5.62. The monoisotopic (exact) mass is 427 g/mol. The van der Waals surface area contributed by atoms with Gasteiger partial charge in [-0.25, -0.2) is 0 Å². The summed E-state index contributed by atoms with van der Waals surface area (Å²) in [5.41, 5.74) is 4.62. The van der Waals surface area contributed by atoms with Crippen molar-refractivity contribution in [2.45, 2.75) is 40.8 Å². The number of nitrogens with zero attached hydrogens (tertiary/aromatic N) is 1. The van der Waals surface area contributed by atoms with Gasteiger partial charge in [0, 0.05) is 24.1 Å². The first-order chi connectivity index (χ1) is 15.4. The molecule has 0 saturated carbocycles. The van der Waals surface area contributed by atoms with Crippen LogP contribution in [0.5, 0.6) is 5.75 Å². The van der Waals surface area contributed by atoms with Gasteiger partial charge < -0.3 is 9.15 Å². The third kappa shape index (κ3) is 7.80. The van der Waals surface area contributed by atoms with E-state index in [2.05, 4.69) is 93.0 Å². The molecule has 0 saturated heterocycles. The number of furan rings is 1. The Morgan fingerprint density at radius 1 is 1.00 bits per heavy atom. The van der Waals surface area contributed by atoms with E-state index >= 15 is 0 Å². The molecule has 1 aromatic heterocycles. The van der Waals surface area contributed by atoms with Crippen molar-refractivity contribution < 1.29 is 9.15 Å². The molecule has 0 N–H and O–H groups in total. The number of rotatable bonds is 9. The van der Waals surface area contributed by atoms with E-state index in [-0.39, 0.29) is 5.41 Å². The molecule has 0 bridgehead atoms. The highest BCUT2D eigenvalue weighted by Gasteiger charge is 2.05. The maximum Gasteiger partial charge on any atom is 0.120 e. The number of likely N-dealkylation sites (N-methyl/N-ethyl adjacent to an activating group) is 1. The molecule has 32 heavy (non-hydrogen) atoms. The molecule has 166 valence electrons. The molecule has 0 aliphatic heterocycles. The lowest BCUT2D eigenvalue weighted by Crippen LogP contribution is -2.22. The van der Waals surface area contributed by atoms with Gasteiger partial charge in [-0.2, -0.15) is 0 Å². The summed E-state index contributed by atoms with van der Waals surface area (Å²) in [4.78, 5) is 2.38. The Hall–Kier alpha value is -3.22. The summed E-state index contributed by atoms with van der Waals surface area (Å²) in [6, 6.07) is 18.7. The maximum atomic E-state index is 6.09. The predicted molar refractivity (Wildman–Crippen MR) is 132 cm³/mol. The van der Waals surface area contributed by atoms with Crippen molar-refractivity contribution >= 4 is 0 Å². The average Bonchev–Trinajstić information content (AvgIpc) is 3.31. The molecule has 0 aliphatic rings. The largest absolute Gasteiger partial charge is 0.489 e. The number of benzene rings is 2. The van der Waals surface area contributed by atoms with Crippen molar-refractivity contribution in [3.63, 3.8) is 0 Å². The van der Waals surface area contributed by atoms with Gasteiger partial charge in [-0.15, -0.1) is 0 Å². The number of hydrogen-bond acceptors (Lipinski definition) is 3. The Balaban J connectivity index is 1.56. The fourth-order valence-electron chi connectivity index (χ4n) is 3.25. The number of allylic oxidation sites excluding steroid dienone is 1. The fraction of sp³-hybridized carbons (Fsp3) is 0.310. The van der Waals surface area contributed by atoms with Gasteiger partial charge >= 0.3 is 0 Å². The Morgan fingerprint density at radius 3 is 2.56 bits per heavy atom. The summed E-state index contributed by atoms with van der Waals surface area (Å²) in [5, 5.41) is 0. The van der Waals surface area contributed by atoms with Gasteiger partial charge in [0.1, 0.15) is 12.4 Å². The first-order valence-corrected chi connectivity index (χ1v) is 11.2. The van der Waals surface area contributed by atoms with E-state index in [1.54, 1.807) is 12.5 Å². The zero-order valence-corrected chi connectivity index (χ0v) is 19.6. The SMILES string of the molecule is CCN(CC=CC#CC(C)(C)C)Cc1cccc(OCc2cccc(-c3ccoc3)c2)c1. The summed E-state index contributed by atoms with van der Waals surface area (Å²) in [5.74, 6) is 7.26. The second kappa shape index (κ2) is 11.4. The molecule has 2 aromatic carbocycles. The minimum Gasteiger partial charge on any atom is -0.489 e. The topological polar surface area (TPSA) is 25.6 Å². The smallest absolute Gasteiger partial charge is 0.120 e. The van der Waals surface area contributed by atoms with Crippen LogP contribution in [0.2, 0.25) is 0 Å². The van der Waals surface area contributed by atoms with Crippen molar-refractivity contribution in [1.82, 2.24) is 4.90 Å². The third-order valence-electron chi connectivity index (χ3n) is 4.95. The van der Waals surface area contributed by atoms with Gasteiger partial charge in [-0.1, -0.05) is 55.2 Å². The first-order valence-electron chi connectivity index (χ1n) is 11.2. The first kappa shape index (κ1) is 23.4. The molecule has 0 radical (unpaired) electrons. The quantitative estimate of drug-likeness (QED) is 0.345. The maximum absolute atomic E-state index is 6.09. The van der Waals surface area contributed by atoms with Gasteiger partial charge in [0.05, 0.1) is 12.5 Å². The molecular weight excluding hydrogens is 394 g/mol. The molecule has 0 amide bonds. The summed E-state index contributed by atoms with van der Waals surface area (Å²) < 4.78 is 11.3. The molecule has 3 rings (SSSR count). The lowest BCUT2D eigenvalue weighted by atomic mass is 9.98. The van der Waals surface area contributed by atoms with E-state index in [1.807, 2.05) is 18.2 Å². The van der Waals surface area contributed by atoms with Crippen molar-refractivity contribution in [3.8, 4) is 28.7 Å². The highest BCUT2D eigenvalue weighted by atomic mass is 16.5. The van der Waals surface area contributed by atoms with Crippen LogP contribution >= 0.6 is 0 Å². The molecule has 0 fully saturated rings. The van der Waals surface area contributed by atoms with Crippen LogP contribution < -0.4 is 4.74 Å². The minimum absolute atomic E-state index is 0.0375. The van der Waals surface area contributed by atoms with Gasteiger partial charge in [0.2, 0.25) is 0 Å². The van der Waals surface area contributed by atoms with Crippen molar-refractivity contribution in [2.24, 2.45) is 5.41 Å². The summed E-state index contributed by atoms with van der Waals surface area (Å²) in [6.45, 7) is 11.8. The average molecular weight is 428 g/mol. The Labute approximate surface area is 192 Å². The molecule has 0 atom stereocenters. The predicted octanol–water partition coefficient (Wildman–Crippen LogP) is 6.95. The Morgan fingerprint density at radius 2 is 1.81 bits per heavy atom. The van der Waals surface area contributed by atoms with Gasteiger partial charge in [-0.3, -0.25) is 4.90 Å². The van der Waals surface area contributed by atoms with E-state index in [4.69, 9.17) is 9.15 Å². The zero-order chi connectivity index (χ0) is 22.8. The fourth-order valence-corrected chi connectivity index (χ4v) is 3.25. The van der Waals surface area contributed by atoms with E-state index in [1.165, 1.54) is 5.56 Å². The molecular formula is C29H33NO2. The summed E-state index contributed by atoms with van der Waals surface area (Å²) in [7, 11) is 0. The highest BCUT2D eigenvalue weighted by Crippen LogP contribution is 2.22. The van der Waals surface area contributed by atoms with Gasteiger partial charge in [0.15, 0.2) is 0 Å². The molecule has 1 heterocycles. The van der Waals surface area contributed by atoms with Crippen LogP contribution in [0.25, 0.3) is 11.1 Å². The standard InChI is InChI=1S/C29H33NO2/c1-5-30(17-8-6-7-16-29(2,3)4)21-24-11-10-14-28(20-24)32-22-25-12-9-13-26(19-25)27-15-18-31-23-27/h6,8-15,18-20,23H,5,17,21-22H2,1-4H3. The van der Waals surface area contributed by atoms with E-state index in [9.17, 15) is 0 Å². The van der Waals surface area contributed by atoms with E-state index < -0.39 is 0 Å².